The second-order valence-electron chi connectivity index (χ2n) is 9.60. The van der Waals surface area contributed by atoms with Gasteiger partial charge in [-0.2, -0.15) is 15.1 Å². The van der Waals surface area contributed by atoms with Gasteiger partial charge in [-0.3, -0.25) is 0 Å². The van der Waals surface area contributed by atoms with Crippen LogP contribution in [0.25, 0.3) is 17.1 Å². The molecule has 3 aromatic heterocycles. The van der Waals surface area contributed by atoms with Crippen molar-refractivity contribution < 1.29 is 23.4 Å². The highest BCUT2D eigenvalue weighted by atomic mass is 19.1. The standard InChI is InChI=1S/C32H27FN6O4/c1-2-41-31(40)25-16-35-39(18-25)32-36-29-28(30(37-32)43-20-23-6-4-3-5-7-23)38(21-34-29)17-22-10-14-27(15-11-22)42-19-24-8-12-26(33)13-9-24/h3-16,18,21H,2,17,19-20H2,1H3. The lowest BCUT2D eigenvalue weighted by molar-refractivity contribution is 0.0526. The van der Waals surface area contributed by atoms with Crippen molar-refractivity contribution >= 4 is 17.1 Å². The van der Waals surface area contributed by atoms with Gasteiger partial charge in [0.1, 0.15) is 24.8 Å². The number of carbonyl (C=O) groups is 1. The third kappa shape index (κ3) is 6.51. The van der Waals surface area contributed by atoms with Crippen molar-refractivity contribution in [2.75, 3.05) is 6.61 Å². The van der Waals surface area contributed by atoms with E-state index in [2.05, 4.69) is 20.1 Å². The van der Waals surface area contributed by atoms with E-state index in [1.807, 2.05) is 59.2 Å². The Morgan fingerprint density at radius 1 is 0.860 bits per heavy atom. The first kappa shape index (κ1) is 27.6. The third-order valence-corrected chi connectivity index (χ3v) is 6.54. The van der Waals surface area contributed by atoms with Crippen LogP contribution in [0, 0.1) is 5.82 Å². The van der Waals surface area contributed by atoms with Crippen LogP contribution in [-0.4, -0.2) is 41.9 Å². The van der Waals surface area contributed by atoms with Crippen molar-refractivity contribution in [3.8, 4) is 17.6 Å². The van der Waals surface area contributed by atoms with Crippen molar-refractivity contribution in [3.05, 3.63) is 126 Å². The highest BCUT2D eigenvalue weighted by Crippen LogP contribution is 2.26. The number of carbonyl (C=O) groups excluding carboxylic acids is 1. The molecule has 43 heavy (non-hydrogen) atoms. The summed E-state index contributed by atoms with van der Waals surface area (Å²) in [5.41, 5.74) is 4.17. The summed E-state index contributed by atoms with van der Waals surface area (Å²) in [5.74, 6) is 0.476. The normalized spacial score (nSPS) is 11.0. The molecule has 0 radical (unpaired) electrons. The van der Waals surface area contributed by atoms with Crippen molar-refractivity contribution in [1.29, 1.82) is 0 Å². The zero-order chi connectivity index (χ0) is 29.6. The molecule has 0 aliphatic rings. The molecule has 0 unspecified atom stereocenters. The van der Waals surface area contributed by atoms with Crippen molar-refractivity contribution in [2.24, 2.45) is 0 Å². The van der Waals surface area contributed by atoms with Crippen molar-refractivity contribution in [2.45, 2.75) is 26.7 Å². The van der Waals surface area contributed by atoms with E-state index in [9.17, 15) is 9.18 Å². The summed E-state index contributed by atoms with van der Waals surface area (Å²) < 4.78 is 33.6. The lowest BCUT2D eigenvalue weighted by Crippen LogP contribution is -2.08. The summed E-state index contributed by atoms with van der Waals surface area (Å²) in [6, 6.07) is 23.7. The zero-order valence-corrected chi connectivity index (χ0v) is 23.3. The van der Waals surface area contributed by atoms with Gasteiger partial charge in [0.05, 0.1) is 24.7 Å². The molecule has 3 heterocycles. The fourth-order valence-corrected chi connectivity index (χ4v) is 4.37. The number of fused-ring (bicyclic) bond motifs is 1. The molecule has 6 rings (SSSR count). The van der Waals surface area contributed by atoms with Crippen molar-refractivity contribution in [3.63, 3.8) is 0 Å². The predicted molar refractivity (Wildman–Crippen MR) is 155 cm³/mol. The fraction of sp³-hybridized carbons (Fsp3) is 0.156. The molecule has 216 valence electrons. The number of nitrogens with zero attached hydrogens (tertiary/aromatic N) is 6. The molecule has 0 aliphatic carbocycles. The van der Waals surface area contributed by atoms with Gasteiger partial charge in [-0.1, -0.05) is 54.6 Å². The Hall–Kier alpha value is -5.58. The molecule has 0 saturated heterocycles. The minimum atomic E-state index is -0.480. The van der Waals surface area contributed by atoms with Gasteiger partial charge in [-0.25, -0.2) is 18.9 Å². The first-order valence-electron chi connectivity index (χ1n) is 13.6. The van der Waals surface area contributed by atoms with Crippen molar-refractivity contribution in [1.82, 2.24) is 29.3 Å². The Morgan fingerprint density at radius 2 is 1.58 bits per heavy atom. The average Bonchev–Trinajstić information content (AvgIpc) is 3.69. The van der Waals surface area contributed by atoms with Gasteiger partial charge in [0.25, 0.3) is 5.95 Å². The SMILES string of the molecule is CCOC(=O)c1cnn(-c2nc(OCc3ccccc3)c3c(ncn3Cc3ccc(OCc4ccc(F)cc4)cc3)n2)c1. The topological polar surface area (TPSA) is 106 Å². The van der Waals surface area contributed by atoms with Crippen LogP contribution >= 0.6 is 0 Å². The van der Waals surface area contributed by atoms with Gasteiger partial charge in [0, 0.05) is 12.7 Å². The largest absolute Gasteiger partial charge is 0.489 e. The molecule has 0 N–H and O–H groups in total. The van der Waals surface area contributed by atoms with Gasteiger partial charge >= 0.3 is 5.97 Å². The highest BCUT2D eigenvalue weighted by molar-refractivity contribution is 5.88. The molecular weight excluding hydrogens is 551 g/mol. The Morgan fingerprint density at radius 3 is 2.35 bits per heavy atom. The van der Waals surface area contributed by atoms with Crippen LogP contribution in [0.15, 0.2) is 97.6 Å². The number of benzene rings is 3. The Bertz CT molecular complexity index is 1840. The quantitative estimate of drug-likeness (QED) is 0.185. The minimum Gasteiger partial charge on any atom is -0.489 e. The maximum Gasteiger partial charge on any atom is 0.341 e. The van der Waals surface area contributed by atoms with E-state index in [-0.39, 0.29) is 30.5 Å². The van der Waals surface area contributed by atoms with Crippen LogP contribution in [0.2, 0.25) is 0 Å². The van der Waals surface area contributed by atoms with E-state index in [0.29, 0.717) is 35.9 Å². The number of aromatic nitrogens is 6. The first-order chi connectivity index (χ1) is 21.1. The molecular formula is C32H27FN6O4. The van der Waals surface area contributed by atoms with Gasteiger partial charge in [-0.15, -0.1) is 0 Å². The maximum atomic E-state index is 13.2. The van der Waals surface area contributed by atoms with E-state index in [1.165, 1.54) is 29.2 Å². The number of rotatable bonds is 11. The second-order valence-corrected chi connectivity index (χ2v) is 9.60. The summed E-state index contributed by atoms with van der Waals surface area (Å²) in [4.78, 5) is 25.9. The second kappa shape index (κ2) is 12.5. The molecule has 0 fully saturated rings. The van der Waals surface area contributed by atoms with Crippen LogP contribution in [-0.2, 0) is 24.5 Å². The lowest BCUT2D eigenvalue weighted by atomic mass is 10.2. The van der Waals surface area contributed by atoms with Crippen LogP contribution in [0.5, 0.6) is 11.6 Å². The predicted octanol–water partition coefficient (Wildman–Crippen LogP) is 5.53. The van der Waals surface area contributed by atoms with Crippen LogP contribution in [0.4, 0.5) is 4.39 Å². The summed E-state index contributed by atoms with van der Waals surface area (Å²) in [5, 5.41) is 4.25. The maximum absolute atomic E-state index is 13.2. The Balaban J connectivity index is 1.25. The summed E-state index contributed by atoms with van der Waals surface area (Å²) in [7, 11) is 0. The number of hydrogen-bond donors (Lipinski definition) is 0. The number of ether oxygens (including phenoxy) is 3. The molecule has 3 aromatic carbocycles. The molecule has 0 spiro atoms. The molecule has 0 atom stereocenters. The third-order valence-electron chi connectivity index (χ3n) is 6.54. The van der Waals surface area contributed by atoms with Gasteiger partial charge < -0.3 is 18.8 Å². The molecule has 6 aromatic rings. The molecule has 11 heteroatoms. The number of imidazole rings is 1. The van der Waals surface area contributed by atoms with Gasteiger partial charge in [0.15, 0.2) is 11.2 Å². The monoisotopic (exact) mass is 578 g/mol. The molecule has 10 nitrogen and oxygen atoms in total. The highest BCUT2D eigenvalue weighted by Gasteiger charge is 2.19. The number of esters is 1. The van der Waals surface area contributed by atoms with Crippen LogP contribution in [0.3, 0.4) is 0 Å². The van der Waals surface area contributed by atoms with Crippen LogP contribution in [0.1, 0.15) is 34.0 Å². The molecule has 0 aliphatic heterocycles. The van der Waals surface area contributed by atoms with E-state index in [1.54, 1.807) is 25.4 Å². The molecule has 0 bridgehead atoms. The van der Waals surface area contributed by atoms with Gasteiger partial charge in [0.2, 0.25) is 5.88 Å². The summed E-state index contributed by atoms with van der Waals surface area (Å²) in [6.07, 6.45) is 4.60. The Labute approximate surface area is 246 Å². The first-order valence-corrected chi connectivity index (χ1v) is 13.6. The summed E-state index contributed by atoms with van der Waals surface area (Å²) >= 11 is 0. The van der Waals surface area contributed by atoms with Gasteiger partial charge in [-0.05, 0) is 47.9 Å². The Kier molecular flexibility index (Phi) is 8.03. The summed E-state index contributed by atoms with van der Waals surface area (Å²) in [6.45, 7) is 3.10. The van der Waals surface area contributed by atoms with E-state index in [4.69, 9.17) is 14.2 Å². The molecule has 0 saturated carbocycles. The lowest BCUT2D eigenvalue weighted by Gasteiger charge is -2.12. The minimum absolute atomic E-state index is 0.207. The van der Waals surface area contributed by atoms with E-state index < -0.39 is 5.97 Å². The van der Waals surface area contributed by atoms with E-state index >= 15 is 0 Å². The van der Waals surface area contributed by atoms with Crippen LogP contribution < -0.4 is 9.47 Å². The molecule has 0 amide bonds. The van der Waals surface area contributed by atoms with E-state index in [0.717, 1.165) is 16.7 Å². The fourth-order valence-electron chi connectivity index (χ4n) is 4.37. The average molecular weight is 579 g/mol. The zero-order valence-electron chi connectivity index (χ0n) is 23.3. The number of hydrogen-bond acceptors (Lipinski definition) is 8. The number of halogens is 1. The smallest absolute Gasteiger partial charge is 0.341 e.